The van der Waals surface area contributed by atoms with E-state index in [0.29, 0.717) is 25.0 Å². The van der Waals surface area contributed by atoms with Crippen molar-refractivity contribution in [2.45, 2.75) is 56.0 Å². The summed E-state index contributed by atoms with van der Waals surface area (Å²) in [6.07, 6.45) is 5.78. The summed E-state index contributed by atoms with van der Waals surface area (Å²) in [7, 11) is 0. The van der Waals surface area contributed by atoms with E-state index in [9.17, 15) is 14.0 Å². The Balaban J connectivity index is 1.11. The Morgan fingerprint density at radius 3 is 2.67 bits per heavy atom. The summed E-state index contributed by atoms with van der Waals surface area (Å²) >= 11 is 5.63. The number of fused-ring (bicyclic) bond motifs is 1. The van der Waals surface area contributed by atoms with E-state index in [1.165, 1.54) is 12.1 Å². The topological polar surface area (TPSA) is 93.5 Å². The average molecular weight is 434 g/mol. The number of amides is 2. The molecule has 1 aromatic carbocycles. The van der Waals surface area contributed by atoms with Gasteiger partial charge in [-0.05, 0) is 50.7 Å². The highest BCUT2D eigenvalue weighted by molar-refractivity contribution is 6.30. The minimum Gasteiger partial charge on any atom is -0.484 e. The highest BCUT2D eigenvalue weighted by Crippen LogP contribution is 2.60. The SMILES string of the molecule is O=C(COc1ccc(Cl)c(F)c1)NC12CC(NC(=O)c3noc4c3CCCC4)(C1)C2. The van der Waals surface area contributed by atoms with Crippen LogP contribution in [-0.2, 0) is 17.6 Å². The van der Waals surface area contributed by atoms with Crippen molar-refractivity contribution < 1.29 is 23.2 Å². The Bertz CT molecular complexity index is 1020. The Kier molecular flexibility index (Phi) is 4.50. The van der Waals surface area contributed by atoms with Gasteiger partial charge in [-0.3, -0.25) is 9.59 Å². The van der Waals surface area contributed by atoms with Gasteiger partial charge in [-0.25, -0.2) is 4.39 Å². The van der Waals surface area contributed by atoms with Gasteiger partial charge < -0.3 is 19.9 Å². The minimum absolute atomic E-state index is 0.000792. The third-order valence-corrected chi connectivity index (χ3v) is 6.55. The number of carbonyl (C=O) groups is 2. The normalized spacial score (nSPS) is 26.1. The van der Waals surface area contributed by atoms with Crippen LogP contribution >= 0.6 is 11.6 Å². The van der Waals surface area contributed by atoms with Gasteiger partial charge in [0.15, 0.2) is 12.3 Å². The van der Waals surface area contributed by atoms with Gasteiger partial charge in [-0.2, -0.15) is 0 Å². The largest absolute Gasteiger partial charge is 0.484 e. The molecule has 2 aromatic rings. The minimum atomic E-state index is -0.597. The monoisotopic (exact) mass is 433 g/mol. The van der Waals surface area contributed by atoms with Crippen molar-refractivity contribution in [3.63, 3.8) is 0 Å². The maximum atomic E-state index is 13.4. The standard InChI is InChI=1S/C21H21ClFN3O4/c22-14-6-5-12(7-15(14)23)29-8-17(27)24-20-9-21(10-20,11-20)25-19(28)18-13-3-1-2-4-16(13)30-26-18/h5-7H,1-4,8-11H2,(H,24,27)(H,25,28). The summed E-state index contributed by atoms with van der Waals surface area (Å²) in [6.45, 7) is -0.215. The predicted molar refractivity (Wildman–Crippen MR) is 105 cm³/mol. The number of aromatic nitrogens is 1. The number of halogens is 2. The number of rotatable bonds is 6. The average Bonchev–Trinajstić information content (AvgIpc) is 3.10. The van der Waals surface area contributed by atoms with Crippen LogP contribution in [0, 0.1) is 5.82 Å². The van der Waals surface area contributed by atoms with Crippen molar-refractivity contribution in [3.8, 4) is 5.75 Å². The molecule has 0 atom stereocenters. The molecule has 0 unspecified atom stereocenters. The lowest BCUT2D eigenvalue weighted by Crippen LogP contribution is -2.84. The van der Waals surface area contributed by atoms with Crippen molar-refractivity contribution in [3.05, 3.63) is 46.1 Å². The Morgan fingerprint density at radius 2 is 1.90 bits per heavy atom. The van der Waals surface area contributed by atoms with E-state index >= 15 is 0 Å². The smallest absolute Gasteiger partial charge is 0.274 e. The number of carbonyl (C=O) groups excluding carboxylic acids is 2. The van der Waals surface area contributed by atoms with Gasteiger partial charge in [0, 0.05) is 29.1 Å². The molecule has 2 N–H and O–H groups in total. The number of hydrogen-bond acceptors (Lipinski definition) is 5. The first-order chi connectivity index (χ1) is 14.4. The van der Waals surface area contributed by atoms with E-state index in [4.69, 9.17) is 20.9 Å². The third-order valence-electron chi connectivity index (χ3n) is 6.24. The van der Waals surface area contributed by atoms with E-state index < -0.39 is 5.82 Å². The molecule has 7 nitrogen and oxygen atoms in total. The summed E-state index contributed by atoms with van der Waals surface area (Å²) in [6, 6.07) is 4.03. The highest BCUT2D eigenvalue weighted by atomic mass is 35.5. The van der Waals surface area contributed by atoms with Crippen LogP contribution in [0.25, 0.3) is 0 Å². The predicted octanol–water partition coefficient (Wildman–Crippen LogP) is 2.95. The van der Waals surface area contributed by atoms with Crippen LogP contribution < -0.4 is 15.4 Å². The molecule has 4 aliphatic carbocycles. The van der Waals surface area contributed by atoms with Gasteiger partial charge in [-0.15, -0.1) is 0 Å². The van der Waals surface area contributed by atoms with Crippen LogP contribution in [0.2, 0.25) is 5.02 Å². The molecule has 0 spiro atoms. The van der Waals surface area contributed by atoms with Crippen molar-refractivity contribution in [1.82, 2.24) is 15.8 Å². The first kappa shape index (κ1) is 19.4. The molecule has 3 fully saturated rings. The van der Waals surface area contributed by atoms with Gasteiger partial charge >= 0.3 is 0 Å². The lowest BCUT2D eigenvalue weighted by Gasteiger charge is -2.70. The van der Waals surface area contributed by atoms with Crippen molar-refractivity contribution >= 4 is 23.4 Å². The number of nitrogens with zero attached hydrogens (tertiary/aromatic N) is 1. The quantitative estimate of drug-likeness (QED) is 0.730. The molecule has 4 aliphatic rings. The molecular formula is C21H21ClFN3O4. The fourth-order valence-electron chi connectivity index (χ4n) is 4.96. The molecule has 0 aliphatic heterocycles. The molecule has 3 saturated carbocycles. The van der Waals surface area contributed by atoms with Crippen molar-refractivity contribution in [1.29, 1.82) is 0 Å². The summed E-state index contributed by atoms with van der Waals surface area (Å²) in [5.41, 5.74) is 0.744. The molecule has 2 bridgehead atoms. The summed E-state index contributed by atoms with van der Waals surface area (Å²) in [5, 5.41) is 10.0. The van der Waals surface area contributed by atoms with Gasteiger partial charge in [-0.1, -0.05) is 16.8 Å². The fourth-order valence-corrected chi connectivity index (χ4v) is 5.08. The Hall–Kier alpha value is -2.61. The van der Waals surface area contributed by atoms with E-state index in [0.717, 1.165) is 43.1 Å². The van der Waals surface area contributed by atoms with E-state index in [2.05, 4.69) is 15.8 Å². The lowest BCUT2D eigenvalue weighted by atomic mass is 9.44. The Labute approximate surface area is 177 Å². The number of hydrogen-bond donors (Lipinski definition) is 2. The molecular weight excluding hydrogens is 413 g/mol. The van der Waals surface area contributed by atoms with Crippen LogP contribution in [0.1, 0.15) is 53.9 Å². The summed E-state index contributed by atoms with van der Waals surface area (Å²) in [5.74, 6) is -0.0112. The number of ether oxygens (including phenoxy) is 1. The molecule has 6 rings (SSSR count). The zero-order valence-electron chi connectivity index (χ0n) is 16.2. The maximum Gasteiger partial charge on any atom is 0.274 e. The Morgan fingerprint density at radius 1 is 1.17 bits per heavy atom. The van der Waals surface area contributed by atoms with E-state index in [1.54, 1.807) is 0 Å². The zero-order valence-corrected chi connectivity index (χ0v) is 17.0. The number of benzene rings is 1. The van der Waals surface area contributed by atoms with Crippen LogP contribution in [0.15, 0.2) is 22.7 Å². The van der Waals surface area contributed by atoms with E-state index in [1.807, 2.05) is 0 Å². The van der Waals surface area contributed by atoms with Crippen LogP contribution in [0.3, 0.4) is 0 Å². The number of aryl methyl sites for hydroxylation is 1. The van der Waals surface area contributed by atoms with Crippen molar-refractivity contribution in [2.75, 3.05) is 6.61 Å². The zero-order chi connectivity index (χ0) is 20.9. The van der Waals surface area contributed by atoms with Gasteiger partial charge in [0.1, 0.15) is 17.3 Å². The first-order valence-corrected chi connectivity index (χ1v) is 10.4. The molecule has 0 saturated heterocycles. The molecule has 158 valence electrons. The summed E-state index contributed by atoms with van der Waals surface area (Å²) in [4.78, 5) is 24.9. The summed E-state index contributed by atoms with van der Waals surface area (Å²) < 4.78 is 24.1. The second kappa shape index (κ2) is 6.97. The second-order valence-electron chi connectivity index (χ2n) is 8.60. The highest BCUT2D eigenvalue weighted by Gasteiger charge is 2.69. The molecule has 1 aromatic heterocycles. The second-order valence-corrected chi connectivity index (χ2v) is 9.01. The van der Waals surface area contributed by atoms with Crippen LogP contribution in [-0.4, -0.2) is 34.7 Å². The van der Waals surface area contributed by atoms with Crippen LogP contribution in [0.5, 0.6) is 5.75 Å². The van der Waals surface area contributed by atoms with Crippen molar-refractivity contribution in [2.24, 2.45) is 0 Å². The molecule has 9 heteroatoms. The van der Waals surface area contributed by atoms with Gasteiger partial charge in [0.2, 0.25) is 0 Å². The maximum absolute atomic E-state index is 13.4. The molecule has 0 radical (unpaired) electrons. The molecule has 1 heterocycles. The van der Waals surface area contributed by atoms with Crippen LogP contribution in [0.4, 0.5) is 4.39 Å². The lowest BCUT2D eigenvalue weighted by molar-refractivity contribution is -0.141. The molecule has 2 amide bonds. The third kappa shape index (κ3) is 3.33. The number of nitrogens with one attached hydrogen (secondary N) is 2. The first-order valence-electron chi connectivity index (χ1n) is 10.1. The van der Waals surface area contributed by atoms with Gasteiger partial charge in [0.05, 0.1) is 5.02 Å². The van der Waals surface area contributed by atoms with Gasteiger partial charge in [0.25, 0.3) is 11.8 Å². The van der Waals surface area contributed by atoms with E-state index in [-0.39, 0.29) is 40.3 Å². The fraction of sp³-hybridized carbons (Fsp3) is 0.476. The molecule has 30 heavy (non-hydrogen) atoms.